The Bertz CT molecular complexity index is 407. The van der Waals surface area contributed by atoms with E-state index in [1.165, 1.54) is 37.8 Å². The summed E-state index contributed by atoms with van der Waals surface area (Å²) in [6.45, 7) is 0. The average Bonchev–Trinajstić information content (AvgIpc) is 2.37. The summed E-state index contributed by atoms with van der Waals surface area (Å²) in [4.78, 5) is 0. The van der Waals surface area contributed by atoms with Crippen LogP contribution in [0.25, 0.3) is 0 Å². The number of fused-ring (bicyclic) bond motifs is 1. The van der Waals surface area contributed by atoms with Crippen LogP contribution in [0.4, 0.5) is 8.78 Å². The van der Waals surface area contributed by atoms with E-state index in [0.29, 0.717) is 5.92 Å². The van der Waals surface area contributed by atoms with Crippen LogP contribution in [-0.2, 0) is 0 Å². The van der Waals surface area contributed by atoms with E-state index in [1.807, 2.05) is 0 Å². The number of rotatable bonds is 1. The molecule has 0 amide bonds. The normalized spacial score (nSPS) is 32.0. The van der Waals surface area contributed by atoms with Crippen molar-refractivity contribution in [3.05, 3.63) is 41.8 Å². The van der Waals surface area contributed by atoms with Gasteiger partial charge >= 0.3 is 0 Å². The first-order chi connectivity index (χ1) is 8.72. The highest BCUT2D eigenvalue weighted by Crippen LogP contribution is 2.45. The van der Waals surface area contributed by atoms with Gasteiger partial charge in [0.05, 0.1) is 6.07 Å². The van der Waals surface area contributed by atoms with Crippen molar-refractivity contribution in [3.63, 3.8) is 0 Å². The summed E-state index contributed by atoms with van der Waals surface area (Å²) in [6, 6.07) is 4.99. The Kier molecular flexibility index (Phi) is 3.36. The van der Waals surface area contributed by atoms with E-state index in [9.17, 15) is 8.78 Å². The van der Waals surface area contributed by atoms with Gasteiger partial charge in [-0.05, 0) is 80.4 Å². The number of halogens is 2. The lowest BCUT2D eigenvalue weighted by Crippen LogP contribution is -2.27. The van der Waals surface area contributed by atoms with Gasteiger partial charge in [-0.1, -0.05) is 0 Å². The van der Waals surface area contributed by atoms with E-state index in [4.69, 9.17) is 0 Å². The van der Waals surface area contributed by atoms with E-state index in [0.717, 1.165) is 30.2 Å². The molecule has 1 aromatic rings. The molecule has 96 valence electrons. The molecule has 2 aliphatic rings. The molecule has 0 heterocycles. The third-order valence-corrected chi connectivity index (χ3v) is 4.65. The summed E-state index contributed by atoms with van der Waals surface area (Å²) in [5, 5.41) is 0. The first-order valence-electron chi connectivity index (χ1n) is 6.92. The second-order valence-corrected chi connectivity index (χ2v) is 5.74. The fraction of sp³-hybridized carbons (Fsp3) is 0.562. The zero-order valence-corrected chi connectivity index (χ0v) is 10.5. The maximum absolute atomic E-state index is 13.2. The van der Waals surface area contributed by atoms with Crippen LogP contribution in [0, 0.1) is 36.0 Å². The zero-order chi connectivity index (χ0) is 12.5. The molecule has 0 nitrogen and oxygen atoms in total. The van der Waals surface area contributed by atoms with E-state index < -0.39 is 11.6 Å². The second-order valence-electron chi connectivity index (χ2n) is 5.74. The molecule has 3 atom stereocenters. The molecule has 2 radical (unpaired) electrons. The molecule has 0 aromatic heterocycles. The SMILES string of the molecule is Fc1[c]c(F)cc(C2CCC3C[CH]CCC3C2)c1. The summed E-state index contributed by atoms with van der Waals surface area (Å²) in [5.74, 6) is 0.778. The summed E-state index contributed by atoms with van der Waals surface area (Å²) < 4.78 is 26.4. The van der Waals surface area contributed by atoms with Gasteiger partial charge in [-0.3, -0.25) is 0 Å². The fourth-order valence-electron chi connectivity index (χ4n) is 3.71. The second kappa shape index (κ2) is 4.99. The van der Waals surface area contributed by atoms with Gasteiger partial charge in [-0.25, -0.2) is 8.78 Å². The van der Waals surface area contributed by atoms with Gasteiger partial charge in [0, 0.05) is 0 Å². The first kappa shape index (κ1) is 12.1. The van der Waals surface area contributed by atoms with Gasteiger partial charge in [0.15, 0.2) is 0 Å². The highest BCUT2D eigenvalue weighted by Gasteiger charge is 2.32. The van der Waals surface area contributed by atoms with Crippen molar-refractivity contribution < 1.29 is 8.78 Å². The quantitative estimate of drug-likeness (QED) is 0.678. The predicted molar refractivity (Wildman–Crippen MR) is 66.9 cm³/mol. The third-order valence-electron chi connectivity index (χ3n) is 4.65. The number of benzene rings is 1. The van der Waals surface area contributed by atoms with Crippen LogP contribution >= 0.6 is 0 Å². The minimum absolute atomic E-state index is 0.336. The third kappa shape index (κ3) is 2.43. The Balaban J connectivity index is 1.76. The molecule has 0 aliphatic heterocycles. The molecule has 2 heteroatoms. The Morgan fingerprint density at radius 3 is 2.56 bits per heavy atom. The molecule has 2 aliphatic carbocycles. The molecule has 1 aromatic carbocycles. The largest absolute Gasteiger partial charge is 0.206 e. The van der Waals surface area contributed by atoms with Crippen molar-refractivity contribution in [2.24, 2.45) is 11.8 Å². The molecule has 3 rings (SSSR count). The van der Waals surface area contributed by atoms with Gasteiger partial charge in [0.25, 0.3) is 0 Å². The molecular weight excluding hydrogens is 230 g/mol. The van der Waals surface area contributed by atoms with Crippen LogP contribution in [0.3, 0.4) is 0 Å². The molecule has 0 bridgehead atoms. The van der Waals surface area contributed by atoms with Gasteiger partial charge in [0.1, 0.15) is 11.6 Å². The Morgan fingerprint density at radius 2 is 1.78 bits per heavy atom. The summed E-state index contributed by atoms with van der Waals surface area (Å²) in [5.41, 5.74) is 0.830. The first-order valence-corrected chi connectivity index (χ1v) is 6.92. The minimum Gasteiger partial charge on any atom is -0.206 e. The molecule has 0 spiro atoms. The summed E-state index contributed by atoms with van der Waals surface area (Å²) >= 11 is 0. The standard InChI is InChI=1S/C16H18F2/c17-15-8-14(9-16(18)10-15)13-6-5-11-3-1-2-4-12(11)7-13/h1,8-9,11-13H,2-7H2. The van der Waals surface area contributed by atoms with Crippen molar-refractivity contribution in [2.45, 2.75) is 44.4 Å². The van der Waals surface area contributed by atoms with Crippen molar-refractivity contribution in [2.75, 3.05) is 0 Å². The van der Waals surface area contributed by atoms with Crippen LogP contribution in [0.2, 0.25) is 0 Å². The molecule has 3 unspecified atom stereocenters. The topological polar surface area (TPSA) is 0 Å². The van der Waals surface area contributed by atoms with Crippen LogP contribution < -0.4 is 0 Å². The number of hydrogen-bond acceptors (Lipinski definition) is 0. The monoisotopic (exact) mass is 248 g/mol. The molecule has 18 heavy (non-hydrogen) atoms. The fourth-order valence-corrected chi connectivity index (χ4v) is 3.71. The van der Waals surface area contributed by atoms with E-state index >= 15 is 0 Å². The highest BCUT2D eigenvalue weighted by atomic mass is 19.1. The van der Waals surface area contributed by atoms with Crippen molar-refractivity contribution in [3.8, 4) is 0 Å². The Hall–Kier alpha value is -0.920. The van der Waals surface area contributed by atoms with Crippen molar-refractivity contribution in [1.82, 2.24) is 0 Å². The van der Waals surface area contributed by atoms with Gasteiger partial charge in [-0.15, -0.1) is 0 Å². The summed E-state index contributed by atoms with van der Waals surface area (Å²) in [7, 11) is 0. The zero-order valence-electron chi connectivity index (χ0n) is 10.5. The highest BCUT2D eigenvalue weighted by molar-refractivity contribution is 5.22. The number of hydrogen-bond donors (Lipinski definition) is 0. The van der Waals surface area contributed by atoms with E-state index in [-0.39, 0.29) is 0 Å². The lowest BCUT2D eigenvalue weighted by atomic mass is 9.66. The Labute approximate surface area is 107 Å². The molecular formula is C16H18F2. The molecule has 0 saturated heterocycles. The summed E-state index contributed by atoms with van der Waals surface area (Å²) in [6.07, 6.45) is 9.47. The predicted octanol–water partition coefficient (Wildman–Crippen LogP) is 4.65. The maximum atomic E-state index is 13.2. The Morgan fingerprint density at radius 1 is 1.00 bits per heavy atom. The van der Waals surface area contributed by atoms with Gasteiger partial charge in [-0.2, -0.15) is 0 Å². The molecule has 0 N–H and O–H groups in total. The van der Waals surface area contributed by atoms with E-state index in [1.54, 1.807) is 0 Å². The van der Waals surface area contributed by atoms with Gasteiger partial charge in [0.2, 0.25) is 0 Å². The van der Waals surface area contributed by atoms with E-state index in [2.05, 4.69) is 12.5 Å². The smallest absolute Gasteiger partial charge is 0.134 e. The lowest BCUT2D eigenvalue weighted by molar-refractivity contribution is 0.178. The average molecular weight is 248 g/mol. The minimum atomic E-state index is -0.566. The van der Waals surface area contributed by atoms with Crippen LogP contribution in [0.1, 0.15) is 50.0 Å². The van der Waals surface area contributed by atoms with Crippen LogP contribution in [0.5, 0.6) is 0 Å². The lowest BCUT2D eigenvalue weighted by Gasteiger charge is -2.39. The molecule has 2 fully saturated rings. The van der Waals surface area contributed by atoms with Crippen molar-refractivity contribution >= 4 is 0 Å². The van der Waals surface area contributed by atoms with Crippen LogP contribution in [-0.4, -0.2) is 0 Å². The van der Waals surface area contributed by atoms with Crippen LogP contribution in [0.15, 0.2) is 12.1 Å². The van der Waals surface area contributed by atoms with Gasteiger partial charge < -0.3 is 0 Å². The molecule has 2 saturated carbocycles. The van der Waals surface area contributed by atoms with Crippen molar-refractivity contribution in [1.29, 1.82) is 0 Å². The maximum Gasteiger partial charge on any atom is 0.134 e.